The van der Waals surface area contributed by atoms with Crippen molar-refractivity contribution in [2.24, 2.45) is 0 Å². The molecule has 1 aromatic carbocycles. The molecule has 1 aromatic rings. The number of ether oxygens (including phenoxy) is 1. The van der Waals surface area contributed by atoms with Gasteiger partial charge >= 0.3 is 0 Å². The lowest BCUT2D eigenvalue weighted by molar-refractivity contribution is 0.00393. The van der Waals surface area contributed by atoms with E-state index in [0.29, 0.717) is 12.1 Å². The Labute approximate surface area is 116 Å². The van der Waals surface area contributed by atoms with Crippen LogP contribution in [0.5, 0.6) is 0 Å². The van der Waals surface area contributed by atoms with Crippen molar-refractivity contribution in [3.63, 3.8) is 0 Å². The highest BCUT2D eigenvalue weighted by Crippen LogP contribution is 2.21. The zero-order chi connectivity index (χ0) is 13.8. The summed E-state index contributed by atoms with van der Waals surface area (Å²) in [6.45, 7) is 10.3. The number of nitrogens with zero attached hydrogens (tertiary/aromatic N) is 1. The molecule has 0 saturated carbocycles. The number of benzene rings is 1. The summed E-state index contributed by atoms with van der Waals surface area (Å²) < 4.78 is 5.78. The summed E-state index contributed by atoms with van der Waals surface area (Å²) in [5, 5.41) is 3.39. The van der Waals surface area contributed by atoms with E-state index in [2.05, 4.69) is 56.2 Å². The fraction of sp³-hybridized carbons (Fsp3) is 0.625. The Kier molecular flexibility index (Phi) is 4.97. The van der Waals surface area contributed by atoms with E-state index in [4.69, 9.17) is 4.74 Å². The number of nitrogens with one attached hydrogen (secondary N) is 1. The molecule has 2 atom stereocenters. The number of hydrogen-bond acceptors (Lipinski definition) is 3. The molecule has 1 N–H and O–H groups in total. The molecular weight excluding hydrogens is 236 g/mol. The van der Waals surface area contributed by atoms with Crippen molar-refractivity contribution in [3.8, 4) is 0 Å². The quantitative estimate of drug-likeness (QED) is 0.901. The minimum absolute atomic E-state index is 0.312. The predicted molar refractivity (Wildman–Crippen MR) is 79.6 cm³/mol. The number of hydrogen-bond donors (Lipinski definition) is 1. The van der Waals surface area contributed by atoms with Gasteiger partial charge in [0.15, 0.2) is 0 Å². The van der Waals surface area contributed by atoms with Gasteiger partial charge in [0.05, 0.1) is 12.7 Å². The lowest BCUT2D eigenvalue weighted by Crippen LogP contribution is -2.44. The van der Waals surface area contributed by atoms with Gasteiger partial charge in [-0.1, -0.05) is 29.3 Å². The van der Waals surface area contributed by atoms with E-state index in [1.54, 1.807) is 0 Å². The van der Waals surface area contributed by atoms with Gasteiger partial charge in [-0.3, -0.25) is 4.90 Å². The SMILES string of the molecule is Cc1cc(C)cc(C(C)N(C)CC2CNCCO2)c1. The van der Waals surface area contributed by atoms with Crippen LogP contribution in [0.25, 0.3) is 0 Å². The Balaban J connectivity index is 1.99. The summed E-state index contributed by atoms with van der Waals surface area (Å²) in [7, 11) is 2.18. The van der Waals surface area contributed by atoms with Crippen LogP contribution in [0.4, 0.5) is 0 Å². The second-order valence-electron chi connectivity index (χ2n) is 5.73. The molecule has 19 heavy (non-hydrogen) atoms. The highest BCUT2D eigenvalue weighted by Gasteiger charge is 2.19. The van der Waals surface area contributed by atoms with Crippen LogP contribution in [0, 0.1) is 13.8 Å². The molecule has 2 rings (SSSR count). The minimum Gasteiger partial charge on any atom is -0.374 e. The normalized spacial score (nSPS) is 21.6. The molecule has 0 spiro atoms. The van der Waals surface area contributed by atoms with Gasteiger partial charge in [-0.25, -0.2) is 0 Å². The van der Waals surface area contributed by atoms with Crippen molar-refractivity contribution < 1.29 is 4.74 Å². The van der Waals surface area contributed by atoms with Crippen molar-refractivity contribution >= 4 is 0 Å². The molecule has 106 valence electrons. The van der Waals surface area contributed by atoms with E-state index in [0.717, 1.165) is 26.2 Å². The van der Waals surface area contributed by atoms with E-state index >= 15 is 0 Å². The topological polar surface area (TPSA) is 24.5 Å². The second kappa shape index (κ2) is 6.51. The van der Waals surface area contributed by atoms with Crippen LogP contribution in [-0.2, 0) is 4.74 Å². The van der Waals surface area contributed by atoms with Crippen LogP contribution >= 0.6 is 0 Å². The van der Waals surface area contributed by atoms with Gasteiger partial charge in [-0.2, -0.15) is 0 Å². The Bertz CT molecular complexity index is 393. The van der Waals surface area contributed by atoms with Crippen LogP contribution in [0.1, 0.15) is 29.7 Å². The number of likely N-dealkylation sites (N-methyl/N-ethyl adjacent to an activating group) is 1. The van der Waals surface area contributed by atoms with E-state index in [1.165, 1.54) is 16.7 Å². The molecule has 1 aliphatic heterocycles. The van der Waals surface area contributed by atoms with Crippen molar-refractivity contribution in [3.05, 3.63) is 34.9 Å². The van der Waals surface area contributed by atoms with E-state index < -0.39 is 0 Å². The van der Waals surface area contributed by atoms with Gasteiger partial charge in [0.1, 0.15) is 0 Å². The summed E-state index contributed by atoms with van der Waals surface area (Å²) in [6, 6.07) is 7.22. The molecule has 0 radical (unpaired) electrons. The zero-order valence-electron chi connectivity index (χ0n) is 12.6. The summed E-state index contributed by atoms with van der Waals surface area (Å²) in [4.78, 5) is 2.38. The van der Waals surface area contributed by atoms with Crippen LogP contribution in [-0.4, -0.2) is 44.3 Å². The first-order chi connectivity index (χ1) is 9.06. The maximum Gasteiger partial charge on any atom is 0.0826 e. The van der Waals surface area contributed by atoms with Gasteiger partial charge in [-0.05, 0) is 33.4 Å². The fourth-order valence-corrected chi connectivity index (χ4v) is 2.72. The summed E-state index contributed by atoms with van der Waals surface area (Å²) >= 11 is 0. The van der Waals surface area contributed by atoms with E-state index in [1.807, 2.05) is 0 Å². The molecule has 0 amide bonds. The standard InChI is InChI=1S/C16H26N2O/c1-12-7-13(2)9-15(8-12)14(3)18(4)11-16-10-17-5-6-19-16/h7-9,14,16-17H,5-6,10-11H2,1-4H3. The molecule has 1 saturated heterocycles. The third kappa shape index (κ3) is 4.03. The third-order valence-electron chi connectivity index (χ3n) is 3.88. The summed E-state index contributed by atoms with van der Waals surface area (Å²) in [6.07, 6.45) is 0.312. The van der Waals surface area contributed by atoms with Crippen LogP contribution < -0.4 is 5.32 Å². The number of morpholine rings is 1. The average molecular weight is 262 g/mol. The van der Waals surface area contributed by atoms with Gasteiger partial charge in [0.25, 0.3) is 0 Å². The van der Waals surface area contributed by atoms with Crippen molar-refractivity contribution in [1.29, 1.82) is 0 Å². The van der Waals surface area contributed by atoms with Crippen LogP contribution in [0.15, 0.2) is 18.2 Å². The third-order valence-corrected chi connectivity index (χ3v) is 3.88. The highest BCUT2D eigenvalue weighted by atomic mass is 16.5. The molecule has 3 nitrogen and oxygen atoms in total. The molecule has 2 unspecified atom stereocenters. The molecule has 3 heteroatoms. The highest BCUT2D eigenvalue weighted by molar-refractivity contribution is 5.30. The molecule has 1 aliphatic rings. The lowest BCUT2D eigenvalue weighted by Gasteiger charge is -2.31. The first kappa shape index (κ1) is 14.5. The predicted octanol–water partition coefficient (Wildman–Crippen LogP) is 2.28. The first-order valence-electron chi connectivity index (χ1n) is 7.17. The smallest absolute Gasteiger partial charge is 0.0826 e. The average Bonchev–Trinajstić information content (AvgIpc) is 2.37. The Morgan fingerprint density at radius 1 is 1.32 bits per heavy atom. The molecular formula is C16H26N2O. The second-order valence-corrected chi connectivity index (χ2v) is 5.73. The van der Waals surface area contributed by atoms with Gasteiger partial charge in [0, 0.05) is 25.7 Å². The first-order valence-corrected chi connectivity index (χ1v) is 7.17. The largest absolute Gasteiger partial charge is 0.374 e. The van der Waals surface area contributed by atoms with Crippen molar-refractivity contribution in [2.75, 3.05) is 33.3 Å². The van der Waals surface area contributed by atoms with E-state index in [-0.39, 0.29) is 0 Å². The maximum atomic E-state index is 5.78. The Morgan fingerprint density at radius 3 is 2.58 bits per heavy atom. The molecule has 0 aromatic heterocycles. The van der Waals surface area contributed by atoms with Crippen molar-refractivity contribution in [2.45, 2.75) is 32.9 Å². The van der Waals surface area contributed by atoms with Gasteiger partial charge < -0.3 is 10.1 Å². The summed E-state index contributed by atoms with van der Waals surface area (Å²) in [5.74, 6) is 0. The Hall–Kier alpha value is -0.900. The van der Waals surface area contributed by atoms with E-state index in [9.17, 15) is 0 Å². The molecule has 1 heterocycles. The van der Waals surface area contributed by atoms with Gasteiger partial charge in [0.2, 0.25) is 0 Å². The maximum absolute atomic E-state index is 5.78. The van der Waals surface area contributed by atoms with Crippen molar-refractivity contribution in [1.82, 2.24) is 10.2 Å². The fourth-order valence-electron chi connectivity index (χ4n) is 2.72. The molecule has 0 bridgehead atoms. The van der Waals surface area contributed by atoms with Crippen LogP contribution in [0.3, 0.4) is 0 Å². The number of aryl methyl sites for hydroxylation is 2. The number of rotatable bonds is 4. The molecule has 0 aliphatic carbocycles. The minimum atomic E-state index is 0.312. The van der Waals surface area contributed by atoms with Gasteiger partial charge in [-0.15, -0.1) is 0 Å². The molecule has 1 fully saturated rings. The monoisotopic (exact) mass is 262 g/mol. The summed E-state index contributed by atoms with van der Waals surface area (Å²) in [5.41, 5.74) is 4.07. The lowest BCUT2D eigenvalue weighted by atomic mass is 10.0. The zero-order valence-corrected chi connectivity index (χ0v) is 12.6. The van der Waals surface area contributed by atoms with Crippen LogP contribution in [0.2, 0.25) is 0 Å². The Morgan fingerprint density at radius 2 is 2.00 bits per heavy atom.